The van der Waals surface area contributed by atoms with E-state index in [1.165, 1.54) is 12.1 Å². The van der Waals surface area contributed by atoms with E-state index in [0.29, 0.717) is 40.6 Å². The number of benzene rings is 1. The molecule has 10 heteroatoms. The topological polar surface area (TPSA) is 119 Å². The van der Waals surface area contributed by atoms with Crippen molar-refractivity contribution in [1.82, 2.24) is 46.1 Å². The first kappa shape index (κ1) is 30.1. The molecule has 5 N–H and O–H groups in total. The summed E-state index contributed by atoms with van der Waals surface area (Å²) in [5.41, 5.74) is 9.29. The van der Waals surface area contributed by atoms with Crippen molar-refractivity contribution in [1.29, 1.82) is 0 Å². The highest BCUT2D eigenvalue weighted by atomic mass is 19.1. The Morgan fingerprint density at radius 3 is 2.71 bits per heavy atom. The molecule has 0 amide bonds. The van der Waals surface area contributed by atoms with E-state index >= 15 is 0 Å². The predicted octanol–water partition coefficient (Wildman–Crippen LogP) is 6.39. The van der Waals surface area contributed by atoms with Gasteiger partial charge in [0, 0.05) is 29.7 Å². The van der Waals surface area contributed by atoms with Crippen molar-refractivity contribution in [3.05, 3.63) is 103 Å². The normalized spacial score (nSPS) is 14.7. The Balaban J connectivity index is 1.31. The first-order valence-corrected chi connectivity index (χ1v) is 15.3. The number of hydrogen-bond acceptors (Lipinski definition) is 7. The first-order valence-electron chi connectivity index (χ1n) is 15.3. The number of rotatable bonds is 11. The fourth-order valence-electron chi connectivity index (χ4n) is 5.90. The summed E-state index contributed by atoms with van der Waals surface area (Å²) in [6.07, 6.45) is 12.5. The highest BCUT2D eigenvalue weighted by Crippen LogP contribution is 2.32. The van der Waals surface area contributed by atoms with Crippen molar-refractivity contribution in [3.63, 3.8) is 0 Å². The number of allylic oxidation sites excluding steroid dienone is 5. The SMILES string of the molecule is C=C/C(=C\C(=C/C)c1ccc2[nH]nc(-c3nc4c(-c5cc(F)cc(CNC)c5)cncc4[nH]3)c2n1)NC(=C)CC1CCNCC1. The van der Waals surface area contributed by atoms with Crippen LogP contribution in [-0.4, -0.2) is 50.3 Å². The number of nitrogens with one attached hydrogen (secondary N) is 5. The lowest BCUT2D eigenvalue weighted by atomic mass is 9.93. The van der Waals surface area contributed by atoms with Crippen LogP contribution in [0.1, 0.15) is 37.4 Å². The Bertz CT molecular complexity index is 1920. The number of nitrogens with zero attached hydrogens (tertiary/aromatic N) is 4. The van der Waals surface area contributed by atoms with Gasteiger partial charge in [-0.3, -0.25) is 10.1 Å². The molecule has 1 saturated heterocycles. The van der Waals surface area contributed by atoms with Crippen molar-refractivity contribution in [2.24, 2.45) is 5.92 Å². The number of halogens is 1. The molecule has 0 saturated carbocycles. The largest absolute Gasteiger partial charge is 0.359 e. The molecule has 1 aliphatic rings. The summed E-state index contributed by atoms with van der Waals surface area (Å²) in [5, 5.41) is 17.6. The average molecular weight is 604 g/mol. The van der Waals surface area contributed by atoms with E-state index < -0.39 is 0 Å². The predicted molar refractivity (Wildman–Crippen MR) is 179 cm³/mol. The van der Waals surface area contributed by atoms with Gasteiger partial charge in [-0.2, -0.15) is 5.10 Å². The van der Waals surface area contributed by atoms with Gasteiger partial charge in [0.05, 0.1) is 28.4 Å². The zero-order chi connectivity index (χ0) is 31.3. The van der Waals surface area contributed by atoms with Crippen molar-refractivity contribution in [3.8, 4) is 22.6 Å². The molecule has 5 aromatic rings. The van der Waals surface area contributed by atoms with Crippen LogP contribution in [-0.2, 0) is 6.54 Å². The van der Waals surface area contributed by atoms with E-state index in [0.717, 1.165) is 77.2 Å². The van der Waals surface area contributed by atoms with E-state index in [2.05, 4.69) is 49.3 Å². The number of aromatic amines is 2. The minimum atomic E-state index is -0.310. The fraction of sp³-hybridized carbons (Fsp3) is 0.257. The highest BCUT2D eigenvalue weighted by molar-refractivity contribution is 5.96. The third-order valence-electron chi connectivity index (χ3n) is 8.13. The minimum absolute atomic E-state index is 0.310. The first-order chi connectivity index (χ1) is 21.9. The summed E-state index contributed by atoms with van der Waals surface area (Å²) in [5.74, 6) is 0.870. The third kappa shape index (κ3) is 6.62. The van der Waals surface area contributed by atoms with Crippen LogP contribution < -0.4 is 16.0 Å². The molecule has 0 unspecified atom stereocenters. The van der Waals surface area contributed by atoms with Crippen molar-refractivity contribution in [2.75, 3.05) is 20.1 Å². The van der Waals surface area contributed by atoms with E-state index in [4.69, 9.17) is 9.97 Å². The maximum absolute atomic E-state index is 14.5. The average Bonchev–Trinajstić information content (AvgIpc) is 3.67. The Kier molecular flexibility index (Phi) is 8.95. The van der Waals surface area contributed by atoms with E-state index in [9.17, 15) is 4.39 Å². The standard InChI is InChI=1S/C35H38FN9/c1-5-24(17-27(6-2)40-21(3)13-22-9-11-38-12-10-22)29-7-8-30-33(41-29)34(45-44-30)35-42-31-20-39-19-28(32(31)43-35)25-14-23(18-37-4)15-26(36)16-25/h5-8,14-17,19-20,22,37-38,40H,2-3,9-13,18H2,1,4H3,(H,42,43)(H,44,45)/b24-5+,27-17+. The molecular formula is C35H38FN9. The molecule has 230 valence electrons. The van der Waals surface area contributed by atoms with Gasteiger partial charge in [0.2, 0.25) is 0 Å². The second-order valence-corrected chi connectivity index (χ2v) is 11.4. The molecule has 0 spiro atoms. The van der Waals surface area contributed by atoms with Gasteiger partial charge in [0.15, 0.2) is 11.5 Å². The molecule has 0 aliphatic carbocycles. The lowest BCUT2D eigenvalue weighted by molar-refractivity contribution is 0.368. The van der Waals surface area contributed by atoms with Crippen molar-refractivity contribution >= 4 is 27.6 Å². The molecule has 0 atom stereocenters. The summed E-state index contributed by atoms with van der Waals surface area (Å²) in [4.78, 5) is 17.7. The summed E-state index contributed by atoms with van der Waals surface area (Å²) >= 11 is 0. The van der Waals surface area contributed by atoms with Crippen LogP contribution >= 0.6 is 0 Å². The van der Waals surface area contributed by atoms with Gasteiger partial charge >= 0.3 is 0 Å². The number of hydrogen-bond donors (Lipinski definition) is 5. The maximum atomic E-state index is 14.5. The van der Waals surface area contributed by atoms with Gasteiger partial charge in [0.1, 0.15) is 11.3 Å². The molecule has 1 aromatic carbocycles. The van der Waals surface area contributed by atoms with Crippen LogP contribution in [0.25, 0.3) is 50.3 Å². The molecule has 9 nitrogen and oxygen atoms in total. The smallest absolute Gasteiger partial charge is 0.161 e. The second kappa shape index (κ2) is 13.4. The fourth-order valence-corrected chi connectivity index (χ4v) is 5.90. The number of fused-ring (bicyclic) bond motifs is 2. The molecule has 0 radical (unpaired) electrons. The molecule has 1 aliphatic heterocycles. The quantitative estimate of drug-likeness (QED) is 0.111. The maximum Gasteiger partial charge on any atom is 0.161 e. The van der Waals surface area contributed by atoms with Gasteiger partial charge in [0.25, 0.3) is 0 Å². The molecule has 0 bridgehead atoms. The molecule has 45 heavy (non-hydrogen) atoms. The Hall–Kier alpha value is -4.93. The van der Waals surface area contributed by atoms with E-state index in [1.807, 2.05) is 44.3 Å². The van der Waals surface area contributed by atoms with Crippen molar-refractivity contribution in [2.45, 2.75) is 32.7 Å². The van der Waals surface area contributed by atoms with Crippen LogP contribution in [0.15, 0.2) is 85.5 Å². The molecule has 5 heterocycles. The van der Waals surface area contributed by atoms with Gasteiger partial charge in [-0.1, -0.05) is 19.2 Å². The van der Waals surface area contributed by atoms with Gasteiger partial charge in [-0.25, -0.2) is 14.4 Å². The zero-order valence-corrected chi connectivity index (χ0v) is 25.7. The van der Waals surface area contributed by atoms with Crippen LogP contribution in [0.5, 0.6) is 0 Å². The van der Waals surface area contributed by atoms with Crippen LogP contribution in [0.4, 0.5) is 4.39 Å². The van der Waals surface area contributed by atoms with Gasteiger partial charge in [-0.05, 0) is 111 Å². The lowest BCUT2D eigenvalue weighted by Crippen LogP contribution is -2.28. The molecule has 4 aromatic heterocycles. The van der Waals surface area contributed by atoms with E-state index in [-0.39, 0.29) is 5.82 Å². The van der Waals surface area contributed by atoms with Crippen LogP contribution in [0, 0.1) is 11.7 Å². The molecular weight excluding hydrogens is 565 g/mol. The lowest BCUT2D eigenvalue weighted by Gasteiger charge is -2.24. The van der Waals surface area contributed by atoms with Crippen LogP contribution in [0.2, 0.25) is 0 Å². The highest BCUT2D eigenvalue weighted by Gasteiger charge is 2.18. The summed E-state index contributed by atoms with van der Waals surface area (Å²) < 4.78 is 14.5. The number of H-pyrrole nitrogens is 2. The number of piperidine rings is 1. The second-order valence-electron chi connectivity index (χ2n) is 11.4. The number of pyridine rings is 2. The van der Waals surface area contributed by atoms with Gasteiger partial charge in [-0.15, -0.1) is 0 Å². The van der Waals surface area contributed by atoms with Gasteiger partial charge < -0.3 is 20.9 Å². The summed E-state index contributed by atoms with van der Waals surface area (Å²) in [6, 6.07) is 8.91. The minimum Gasteiger partial charge on any atom is -0.359 e. The Morgan fingerprint density at radius 1 is 1.09 bits per heavy atom. The monoisotopic (exact) mass is 603 g/mol. The molecule has 1 fully saturated rings. The summed E-state index contributed by atoms with van der Waals surface area (Å²) in [6.45, 7) is 13.0. The zero-order valence-electron chi connectivity index (χ0n) is 25.7. The third-order valence-corrected chi connectivity index (χ3v) is 8.13. The molecule has 6 rings (SSSR count). The Labute approximate surface area is 261 Å². The number of imidazole rings is 1. The Morgan fingerprint density at radius 2 is 1.93 bits per heavy atom. The van der Waals surface area contributed by atoms with E-state index in [1.54, 1.807) is 18.5 Å². The van der Waals surface area contributed by atoms with Crippen molar-refractivity contribution < 1.29 is 4.39 Å². The number of aromatic nitrogens is 6. The summed E-state index contributed by atoms with van der Waals surface area (Å²) in [7, 11) is 1.83. The van der Waals surface area contributed by atoms with Crippen LogP contribution in [0.3, 0.4) is 0 Å².